The van der Waals surface area contributed by atoms with Crippen LogP contribution in [0.25, 0.3) is 11.1 Å². The first-order chi connectivity index (χ1) is 15.6. The second-order valence-electron chi connectivity index (χ2n) is 8.74. The van der Waals surface area contributed by atoms with Crippen molar-refractivity contribution >= 4 is 24.7 Å². The number of nitrogens with one attached hydrogen (secondary N) is 1. The van der Waals surface area contributed by atoms with Gasteiger partial charge in [-0.05, 0) is 66.9 Å². The van der Waals surface area contributed by atoms with Crippen LogP contribution in [-0.4, -0.2) is 39.8 Å². The summed E-state index contributed by atoms with van der Waals surface area (Å²) in [4.78, 5) is 11.8. The topological polar surface area (TPSA) is 116 Å². The summed E-state index contributed by atoms with van der Waals surface area (Å²) < 4.78 is 29.2. The van der Waals surface area contributed by atoms with Crippen LogP contribution in [0.5, 0.6) is 0 Å². The van der Waals surface area contributed by atoms with E-state index >= 15 is 0 Å². The lowest BCUT2D eigenvalue weighted by Crippen LogP contribution is -2.61. The first-order valence-electron chi connectivity index (χ1n) is 11.0. The second kappa shape index (κ2) is 10.9. The smallest absolute Gasteiger partial charge is 0.451 e. The van der Waals surface area contributed by atoms with Crippen LogP contribution in [0.15, 0.2) is 36.4 Å². The van der Waals surface area contributed by atoms with Gasteiger partial charge >= 0.3 is 13.1 Å². The van der Waals surface area contributed by atoms with Crippen molar-refractivity contribution in [2.24, 2.45) is 11.7 Å². The van der Waals surface area contributed by atoms with Crippen molar-refractivity contribution in [3.63, 3.8) is 0 Å². The summed E-state index contributed by atoms with van der Waals surface area (Å²) in [7, 11) is -1.42. The third-order valence-electron chi connectivity index (χ3n) is 6.45. The number of hydrogen-bond acceptors (Lipinski definition) is 5. The number of rotatable bonds is 11. The van der Waals surface area contributed by atoms with Crippen molar-refractivity contribution in [1.82, 2.24) is 5.32 Å². The Morgan fingerprint density at radius 3 is 2.27 bits per heavy atom. The summed E-state index contributed by atoms with van der Waals surface area (Å²) in [5.74, 6) is -2.68. The molecule has 0 saturated heterocycles. The molecule has 1 fully saturated rings. The maximum atomic E-state index is 14.6. The fourth-order valence-corrected chi connectivity index (χ4v) is 4.39. The number of halogens is 3. The molecule has 33 heavy (non-hydrogen) atoms. The minimum atomic E-state index is -1.42. The molecule has 1 saturated carbocycles. The number of carbonyl (C=O) groups is 1. The normalized spacial score (nSPS) is 19.6. The summed E-state index contributed by atoms with van der Waals surface area (Å²) in [6.07, 6.45) is 2.28. The van der Waals surface area contributed by atoms with E-state index in [0.717, 1.165) is 0 Å². The third-order valence-corrected chi connectivity index (χ3v) is 6.71. The number of carboxylic acids is 1. The quantitative estimate of drug-likeness (QED) is 0.248. The molecule has 1 aliphatic rings. The zero-order valence-corrected chi connectivity index (χ0v) is 18.9. The summed E-state index contributed by atoms with van der Waals surface area (Å²) in [6.45, 7) is -0.0189. The number of hydrogen-bond donors (Lipinski definition) is 5. The number of benzene rings is 2. The molecule has 3 rings (SSSR count). The van der Waals surface area contributed by atoms with Gasteiger partial charge in [-0.25, -0.2) is 8.78 Å². The van der Waals surface area contributed by atoms with Gasteiger partial charge in [0.1, 0.15) is 17.2 Å². The van der Waals surface area contributed by atoms with Crippen LogP contribution in [0.4, 0.5) is 8.78 Å². The van der Waals surface area contributed by atoms with Crippen molar-refractivity contribution in [2.45, 2.75) is 56.5 Å². The van der Waals surface area contributed by atoms with Crippen molar-refractivity contribution in [3.8, 4) is 11.1 Å². The highest BCUT2D eigenvalue weighted by Gasteiger charge is 2.48. The predicted octanol–water partition coefficient (Wildman–Crippen LogP) is 3.58. The van der Waals surface area contributed by atoms with Gasteiger partial charge in [0.2, 0.25) is 0 Å². The molecule has 0 heterocycles. The van der Waals surface area contributed by atoms with E-state index in [1.807, 2.05) is 0 Å². The summed E-state index contributed by atoms with van der Waals surface area (Å²) in [6, 6.07) is 9.16. The van der Waals surface area contributed by atoms with Gasteiger partial charge in [0.25, 0.3) is 0 Å². The van der Waals surface area contributed by atoms with Crippen molar-refractivity contribution in [3.05, 3.63) is 58.6 Å². The minimum absolute atomic E-state index is 0.0189. The molecule has 0 bridgehead atoms. The van der Waals surface area contributed by atoms with Crippen molar-refractivity contribution < 1.29 is 28.7 Å². The van der Waals surface area contributed by atoms with Crippen LogP contribution in [0, 0.1) is 17.6 Å². The monoisotopic (exact) mass is 480 g/mol. The molecular formula is C23H28BClF2N2O4. The van der Waals surface area contributed by atoms with Crippen LogP contribution in [0.3, 0.4) is 0 Å². The zero-order valence-electron chi connectivity index (χ0n) is 18.1. The van der Waals surface area contributed by atoms with Gasteiger partial charge in [-0.3, -0.25) is 4.79 Å². The van der Waals surface area contributed by atoms with E-state index in [2.05, 4.69) is 5.32 Å². The van der Waals surface area contributed by atoms with Gasteiger partial charge in [0.05, 0.1) is 0 Å². The first-order valence-corrected chi connectivity index (χ1v) is 11.3. The van der Waals surface area contributed by atoms with Crippen LogP contribution >= 0.6 is 11.6 Å². The molecule has 1 atom stereocenters. The fourth-order valence-electron chi connectivity index (χ4n) is 4.26. The van der Waals surface area contributed by atoms with E-state index in [1.54, 1.807) is 24.3 Å². The van der Waals surface area contributed by atoms with Gasteiger partial charge in [0, 0.05) is 23.2 Å². The molecule has 2 aromatic rings. The molecule has 10 heteroatoms. The molecule has 6 N–H and O–H groups in total. The van der Waals surface area contributed by atoms with Crippen LogP contribution in [-0.2, 0) is 11.3 Å². The SMILES string of the molecule is NC(CCCCB(O)O)(C(=O)O)[C@H]1C[C@@H](NCc2c(F)cc(-c3ccc(Cl)cc3)cc2F)C1. The second-order valence-corrected chi connectivity index (χ2v) is 9.18. The molecular weight excluding hydrogens is 453 g/mol. The Balaban J connectivity index is 1.55. The lowest BCUT2D eigenvalue weighted by Gasteiger charge is -2.45. The van der Waals surface area contributed by atoms with Crippen molar-refractivity contribution in [2.75, 3.05) is 0 Å². The highest BCUT2D eigenvalue weighted by molar-refractivity contribution is 6.40. The molecule has 0 aromatic heterocycles. The molecule has 1 aliphatic carbocycles. The average Bonchev–Trinajstić information content (AvgIpc) is 2.71. The molecule has 6 nitrogen and oxygen atoms in total. The number of aliphatic carboxylic acids is 1. The average molecular weight is 481 g/mol. The largest absolute Gasteiger partial charge is 0.480 e. The molecule has 0 spiro atoms. The van der Waals surface area contributed by atoms with Crippen molar-refractivity contribution in [1.29, 1.82) is 0 Å². The zero-order chi connectivity index (χ0) is 24.2. The highest BCUT2D eigenvalue weighted by atomic mass is 35.5. The fraction of sp³-hybridized carbons (Fsp3) is 0.435. The Labute approximate surface area is 196 Å². The maximum Gasteiger partial charge on any atom is 0.451 e. The number of nitrogens with two attached hydrogens (primary N) is 1. The van der Waals surface area contributed by atoms with Gasteiger partial charge in [-0.1, -0.05) is 36.6 Å². The number of unbranched alkanes of at least 4 members (excludes halogenated alkanes) is 1. The van der Waals surface area contributed by atoms with E-state index < -0.39 is 30.3 Å². The Bertz CT molecular complexity index is 950. The Hall–Kier alpha value is -2.04. The lowest BCUT2D eigenvalue weighted by molar-refractivity contribution is -0.148. The van der Waals surface area contributed by atoms with Crippen LogP contribution in [0.1, 0.15) is 37.7 Å². The summed E-state index contributed by atoms with van der Waals surface area (Å²) in [5, 5.41) is 31.1. The third kappa shape index (κ3) is 6.30. The van der Waals surface area contributed by atoms with E-state index in [-0.39, 0.29) is 36.8 Å². The van der Waals surface area contributed by atoms with Gasteiger partial charge < -0.3 is 26.2 Å². The minimum Gasteiger partial charge on any atom is -0.480 e. The lowest BCUT2D eigenvalue weighted by atomic mass is 9.66. The highest BCUT2D eigenvalue weighted by Crippen LogP contribution is 2.38. The summed E-state index contributed by atoms with van der Waals surface area (Å²) >= 11 is 5.86. The molecule has 178 valence electrons. The van der Waals surface area contributed by atoms with Gasteiger partial charge in [-0.15, -0.1) is 0 Å². The molecule has 0 radical (unpaired) electrons. The molecule has 0 aliphatic heterocycles. The van der Waals surface area contributed by atoms with E-state index in [1.165, 1.54) is 12.1 Å². The van der Waals surface area contributed by atoms with Gasteiger partial charge in [-0.2, -0.15) is 0 Å². The Kier molecular flexibility index (Phi) is 8.47. The van der Waals surface area contributed by atoms with Crippen LogP contribution < -0.4 is 11.1 Å². The molecule has 0 amide bonds. The molecule has 1 unspecified atom stereocenters. The standard InChI is InChI=1S/C23H28BClF2N2O4/c25-17-5-3-14(4-6-17)15-9-20(26)19(21(27)10-15)13-29-18-11-16(12-18)23(28,22(30)31)7-1-2-8-24(32)33/h3-6,9-10,16,18,29,32-33H,1-2,7-8,11-13,28H2,(H,30,31)/t16-,18+,23?. The van der Waals surface area contributed by atoms with E-state index in [4.69, 9.17) is 27.4 Å². The van der Waals surface area contributed by atoms with Crippen LogP contribution in [0.2, 0.25) is 11.3 Å². The predicted molar refractivity (Wildman–Crippen MR) is 124 cm³/mol. The number of carboxylic acid groups (broad SMARTS) is 1. The maximum absolute atomic E-state index is 14.6. The first kappa shape index (κ1) is 25.6. The Morgan fingerprint density at radius 1 is 1.12 bits per heavy atom. The Morgan fingerprint density at radius 2 is 1.73 bits per heavy atom. The van der Waals surface area contributed by atoms with Gasteiger partial charge in [0.15, 0.2) is 0 Å². The molecule has 2 aromatic carbocycles. The van der Waals surface area contributed by atoms with E-state index in [9.17, 15) is 18.7 Å². The van der Waals surface area contributed by atoms with E-state index in [0.29, 0.717) is 41.8 Å². The summed E-state index contributed by atoms with van der Waals surface area (Å²) in [5.41, 5.74) is 5.77.